The van der Waals surface area contributed by atoms with E-state index in [0.29, 0.717) is 11.5 Å². The van der Waals surface area contributed by atoms with Gasteiger partial charge >= 0.3 is 0 Å². The highest BCUT2D eigenvalue weighted by molar-refractivity contribution is 7.99. The van der Waals surface area contributed by atoms with Gasteiger partial charge in [-0.2, -0.15) is 0 Å². The van der Waals surface area contributed by atoms with E-state index in [1.54, 1.807) is 0 Å². The van der Waals surface area contributed by atoms with E-state index in [-0.39, 0.29) is 0 Å². The largest absolute Gasteiger partial charge is 0.378 e. The molecule has 1 aromatic rings. The highest BCUT2D eigenvalue weighted by atomic mass is 32.2. The highest BCUT2D eigenvalue weighted by Gasteiger charge is 2.40. The molecule has 0 amide bonds. The van der Waals surface area contributed by atoms with Gasteiger partial charge in [0.15, 0.2) is 0 Å². The molecule has 0 radical (unpaired) electrons. The van der Waals surface area contributed by atoms with Crippen molar-refractivity contribution in [3.63, 3.8) is 0 Å². The van der Waals surface area contributed by atoms with Crippen molar-refractivity contribution in [3.05, 3.63) is 30.3 Å². The normalized spacial score (nSPS) is 26.7. The van der Waals surface area contributed by atoms with E-state index >= 15 is 0 Å². The molecule has 19 heavy (non-hydrogen) atoms. The van der Waals surface area contributed by atoms with Crippen LogP contribution in [-0.4, -0.2) is 31.6 Å². The first kappa shape index (κ1) is 14.9. The second-order valence-corrected chi connectivity index (χ2v) is 6.49. The van der Waals surface area contributed by atoms with E-state index in [9.17, 15) is 0 Å². The van der Waals surface area contributed by atoms with Crippen LogP contribution in [0.3, 0.4) is 0 Å². The fraction of sp³-hybridized carbons (Fsp3) is 0.625. The second-order valence-electron chi connectivity index (χ2n) is 5.32. The summed E-state index contributed by atoms with van der Waals surface area (Å²) in [7, 11) is 0. The monoisotopic (exact) mass is 279 g/mol. The first-order valence-electron chi connectivity index (χ1n) is 7.27. The summed E-state index contributed by atoms with van der Waals surface area (Å²) in [5.74, 6) is 1.17. The number of hydrogen-bond donors (Lipinski definition) is 1. The van der Waals surface area contributed by atoms with Gasteiger partial charge in [-0.15, -0.1) is 11.8 Å². The van der Waals surface area contributed by atoms with Crippen LogP contribution in [0.1, 0.15) is 26.7 Å². The van der Waals surface area contributed by atoms with E-state index in [2.05, 4.69) is 49.5 Å². The van der Waals surface area contributed by atoms with Crippen molar-refractivity contribution in [1.82, 2.24) is 5.32 Å². The Morgan fingerprint density at radius 1 is 1.37 bits per heavy atom. The molecule has 2 atom stereocenters. The molecule has 2 unspecified atom stereocenters. The minimum atomic E-state index is 0.331. The lowest BCUT2D eigenvalue weighted by atomic mass is 9.79. The maximum Gasteiger partial charge on any atom is 0.0616 e. The third-order valence-electron chi connectivity index (χ3n) is 4.17. The minimum absolute atomic E-state index is 0.331. The number of benzene rings is 1. The molecule has 0 spiro atoms. The first-order chi connectivity index (χ1) is 9.27. The maximum absolute atomic E-state index is 5.82. The summed E-state index contributed by atoms with van der Waals surface area (Å²) >= 11 is 1.96. The predicted molar refractivity (Wildman–Crippen MR) is 82.8 cm³/mol. The van der Waals surface area contributed by atoms with Crippen LogP contribution in [0.2, 0.25) is 0 Å². The van der Waals surface area contributed by atoms with Crippen LogP contribution in [0.4, 0.5) is 0 Å². The van der Waals surface area contributed by atoms with Gasteiger partial charge in [0.2, 0.25) is 0 Å². The fourth-order valence-electron chi connectivity index (χ4n) is 2.73. The van der Waals surface area contributed by atoms with Crippen molar-refractivity contribution in [3.8, 4) is 0 Å². The molecule has 106 valence electrons. The highest BCUT2D eigenvalue weighted by Crippen LogP contribution is 2.39. The Hall–Kier alpha value is -0.510. The molecule has 1 saturated heterocycles. The lowest BCUT2D eigenvalue weighted by molar-refractivity contribution is 0.0618. The number of nitrogens with one attached hydrogen (secondary N) is 1. The van der Waals surface area contributed by atoms with Gasteiger partial charge in [-0.25, -0.2) is 0 Å². The Kier molecular flexibility index (Phi) is 5.74. The van der Waals surface area contributed by atoms with Gasteiger partial charge in [0, 0.05) is 23.5 Å². The van der Waals surface area contributed by atoms with Crippen LogP contribution >= 0.6 is 11.8 Å². The van der Waals surface area contributed by atoms with E-state index in [1.807, 2.05) is 11.8 Å². The molecule has 1 aliphatic heterocycles. The molecular formula is C16H25NOS. The molecule has 0 bridgehead atoms. The molecule has 1 N–H and O–H groups in total. The summed E-state index contributed by atoms with van der Waals surface area (Å²) in [6, 6.07) is 10.7. The number of ether oxygens (including phenoxy) is 1. The van der Waals surface area contributed by atoms with E-state index in [4.69, 9.17) is 4.74 Å². The summed E-state index contributed by atoms with van der Waals surface area (Å²) in [6.07, 6.45) is 2.79. The van der Waals surface area contributed by atoms with Crippen LogP contribution in [0.25, 0.3) is 0 Å². The first-order valence-corrected chi connectivity index (χ1v) is 8.25. The molecule has 0 aliphatic carbocycles. The van der Waals surface area contributed by atoms with Gasteiger partial charge in [-0.05, 0) is 44.2 Å². The van der Waals surface area contributed by atoms with Gasteiger partial charge in [0.1, 0.15) is 0 Å². The smallest absolute Gasteiger partial charge is 0.0616 e. The Labute approximate surface area is 121 Å². The summed E-state index contributed by atoms with van der Waals surface area (Å²) in [5, 5.41) is 3.52. The average Bonchev–Trinajstić information content (AvgIpc) is 2.80. The standard InChI is InChI=1S/C16H25NOS/c1-3-17-13-16(9-11-18-14(16)2)10-12-19-15-7-5-4-6-8-15/h4-8,14,17H,3,9-13H2,1-2H3. The molecule has 0 saturated carbocycles. The fourth-order valence-corrected chi connectivity index (χ4v) is 3.82. The lowest BCUT2D eigenvalue weighted by Crippen LogP contribution is -2.40. The predicted octanol–water partition coefficient (Wildman–Crippen LogP) is 3.57. The number of hydrogen-bond acceptors (Lipinski definition) is 3. The Balaban J connectivity index is 1.86. The lowest BCUT2D eigenvalue weighted by Gasteiger charge is -2.32. The summed E-state index contributed by atoms with van der Waals surface area (Å²) < 4.78 is 5.82. The average molecular weight is 279 g/mol. The quantitative estimate of drug-likeness (QED) is 0.771. The molecule has 1 aromatic carbocycles. The molecule has 2 nitrogen and oxygen atoms in total. The SMILES string of the molecule is CCNCC1(CCSc2ccccc2)CCOC1C. The van der Waals surface area contributed by atoms with Gasteiger partial charge in [0.25, 0.3) is 0 Å². The van der Waals surface area contributed by atoms with Gasteiger partial charge in [-0.3, -0.25) is 0 Å². The molecule has 1 aliphatic rings. The third-order valence-corrected chi connectivity index (χ3v) is 5.18. The topological polar surface area (TPSA) is 21.3 Å². The van der Waals surface area contributed by atoms with Crippen LogP contribution in [-0.2, 0) is 4.74 Å². The Morgan fingerprint density at radius 3 is 2.79 bits per heavy atom. The van der Waals surface area contributed by atoms with Crippen LogP contribution in [0.5, 0.6) is 0 Å². The Bertz CT molecular complexity index is 370. The van der Waals surface area contributed by atoms with Crippen LogP contribution in [0.15, 0.2) is 35.2 Å². The van der Waals surface area contributed by atoms with Crippen molar-refractivity contribution in [1.29, 1.82) is 0 Å². The maximum atomic E-state index is 5.82. The molecule has 0 aromatic heterocycles. The zero-order chi connectivity index (χ0) is 13.6. The second kappa shape index (κ2) is 7.32. The van der Waals surface area contributed by atoms with Crippen molar-refractivity contribution in [2.24, 2.45) is 5.41 Å². The van der Waals surface area contributed by atoms with E-state index < -0.39 is 0 Å². The van der Waals surface area contributed by atoms with Gasteiger partial charge in [-0.1, -0.05) is 25.1 Å². The third kappa shape index (κ3) is 3.98. The van der Waals surface area contributed by atoms with E-state index in [0.717, 1.165) is 19.7 Å². The van der Waals surface area contributed by atoms with Crippen molar-refractivity contribution in [2.45, 2.75) is 37.7 Å². The summed E-state index contributed by atoms with van der Waals surface area (Å²) in [5.41, 5.74) is 0.331. The van der Waals surface area contributed by atoms with Crippen molar-refractivity contribution >= 4 is 11.8 Å². The van der Waals surface area contributed by atoms with E-state index in [1.165, 1.54) is 23.5 Å². The van der Waals surface area contributed by atoms with Gasteiger partial charge < -0.3 is 10.1 Å². The Morgan fingerprint density at radius 2 is 2.16 bits per heavy atom. The van der Waals surface area contributed by atoms with Crippen LogP contribution < -0.4 is 5.32 Å². The van der Waals surface area contributed by atoms with Crippen molar-refractivity contribution in [2.75, 3.05) is 25.4 Å². The molecule has 1 fully saturated rings. The molecule has 1 heterocycles. The minimum Gasteiger partial charge on any atom is -0.378 e. The zero-order valence-corrected chi connectivity index (χ0v) is 12.8. The van der Waals surface area contributed by atoms with Crippen molar-refractivity contribution < 1.29 is 4.74 Å². The number of rotatable bonds is 7. The molecule has 3 heteroatoms. The summed E-state index contributed by atoms with van der Waals surface area (Å²) in [6.45, 7) is 7.45. The summed E-state index contributed by atoms with van der Waals surface area (Å²) in [4.78, 5) is 1.37. The van der Waals surface area contributed by atoms with Crippen LogP contribution in [0, 0.1) is 5.41 Å². The number of thioether (sulfide) groups is 1. The molecular weight excluding hydrogens is 254 g/mol. The molecule has 2 rings (SSSR count). The zero-order valence-electron chi connectivity index (χ0n) is 12.0. The van der Waals surface area contributed by atoms with Gasteiger partial charge in [0.05, 0.1) is 6.10 Å².